The first-order valence-corrected chi connectivity index (χ1v) is 7.92. The highest BCUT2D eigenvalue weighted by molar-refractivity contribution is 5.78. The number of nitrogens with one attached hydrogen (secondary N) is 2. The molecule has 25 heavy (non-hydrogen) atoms. The lowest BCUT2D eigenvalue weighted by Crippen LogP contribution is -2.37. The molecule has 3 rings (SSSR count). The minimum absolute atomic E-state index is 0.113. The SMILES string of the molecule is C[C@H](NC(=O)Cc1c[nH]c(=O)n(C)c1=O)c1ccc2c(c1)OCCO2. The van der Waals surface area contributed by atoms with Gasteiger partial charge < -0.3 is 19.8 Å². The average Bonchev–Trinajstić information content (AvgIpc) is 2.61. The molecule has 0 fully saturated rings. The molecule has 0 aliphatic carbocycles. The highest BCUT2D eigenvalue weighted by atomic mass is 16.6. The maximum atomic E-state index is 12.2. The third-order valence-electron chi connectivity index (χ3n) is 4.05. The van der Waals surface area contributed by atoms with Crippen LogP contribution in [0.1, 0.15) is 24.1 Å². The number of carbonyl (C=O) groups is 1. The van der Waals surface area contributed by atoms with E-state index in [4.69, 9.17) is 9.47 Å². The zero-order valence-electron chi connectivity index (χ0n) is 14.0. The molecule has 0 saturated carbocycles. The molecule has 2 N–H and O–H groups in total. The second-order valence-corrected chi connectivity index (χ2v) is 5.85. The Morgan fingerprint density at radius 3 is 2.76 bits per heavy atom. The van der Waals surface area contributed by atoms with E-state index in [1.165, 1.54) is 13.2 Å². The number of nitrogens with zero attached hydrogens (tertiary/aromatic N) is 1. The van der Waals surface area contributed by atoms with Crippen molar-refractivity contribution < 1.29 is 14.3 Å². The van der Waals surface area contributed by atoms with E-state index in [-0.39, 0.29) is 23.9 Å². The summed E-state index contributed by atoms with van der Waals surface area (Å²) in [5.74, 6) is 1.02. The Balaban J connectivity index is 1.70. The van der Waals surface area contributed by atoms with Gasteiger partial charge in [0.25, 0.3) is 5.56 Å². The minimum Gasteiger partial charge on any atom is -0.486 e. The molecule has 8 heteroatoms. The molecule has 1 amide bonds. The van der Waals surface area contributed by atoms with Gasteiger partial charge in [-0.2, -0.15) is 0 Å². The summed E-state index contributed by atoms with van der Waals surface area (Å²) in [6, 6.07) is 5.23. The van der Waals surface area contributed by atoms with Gasteiger partial charge in [-0.25, -0.2) is 4.79 Å². The molecule has 2 aromatic rings. The van der Waals surface area contributed by atoms with Crippen LogP contribution in [0.25, 0.3) is 0 Å². The molecular formula is C17H19N3O5. The number of benzene rings is 1. The number of ether oxygens (including phenoxy) is 2. The van der Waals surface area contributed by atoms with Crippen molar-refractivity contribution >= 4 is 5.91 Å². The number of hydrogen-bond donors (Lipinski definition) is 2. The molecule has 0 saturated heterocycles. The predicted octanol–water partition coefficient (Wildman–Crippen LogP) is 0.265. The Morgan fingerprint density at radius 1 is 1.28 bits per heavy atom. The number of hydrogen-bond acceptors (Lipinski definition) is 5. The number of aromatic amines is 1. The maximum Gasteiger partial charge on any atom is 0.328 e. The smallest absolute Gasteiger partial charge is 0.328 e. The molecular weight excluding hydrogens is 326 g/mol. The zero-order chi connectivity index (χ0) is 18.0. The van der Waals surface area contributed by atoms with Crippen LogP contribution < -0.4 is 26.0 Å². The van der Waals surface area contributed by atoms with Crippen LogP contribution in [0.3, 0.4) is 0 Å². The van der Waals surface area contributed by atoms with Gasteiger partial charge in [0.15, 0.2) is 11.5 Å². The third-order valence-corrected chi connectivity index (χ3v) is 4.05. The van der Waals surface area contributed by atoms with Gasteiger partial charge >= 0.3 is 5.69 Å². The van der Waals surface area contributed by atoms with Gasteiger partial charge in [-0.3, -0.25) is 14.2 Å². The van der Waals surface area contributed by atoms with Crippen molar-refractivity contribution in [3.63, 3.8) is 0 Å². The highest BCUT2D eigenvalue weighted by Gasteiger charge is 2.17. The molecule has 0 unspecified atom stereocenters. The number of fused-ring (bicyclic) bond motifs is 1. The largest absolute Gasteiger partial charge is 0.486 e. The Hall–Kier alpha value is -3.03. The standard InChI is InChI=1S/C17H19N3O5/c1-10(11-3-4-13-14(7-11)25-6-5-24-13)19-15(21)8-12-9-18-17(23)20(2)16(12)22/h3-4,7,9-10H,5-6,8H2,1-2H3,(H,18,23)(H,19,21)/t10-/m0/s1. The number of H-pyrrole nitrogens is 1. The van der Waals surface area contributed by atoms with Crippen LogP contribution in [-0.2, 0) is 18.3 Å². The van der Waals surface area contributed by atoms with Crippen molar-refractivity contribution in [2.75, 3.05) is 13.2 Å². The van der Waals surface area contributed by atoms with Crippen LogP contribution in [0.2, 0.25) is 0 Å². The predicted molar refractivity (Wildman–Crippen MR) is 90.0 cm³/mol. The second kappa shape index (κ2) is 6.84. The molecule has 0 spiro atoms. The molecule has 1 aromatic carbocycles. The van der Waals surface area contributed by atoms with Crippen LogP contribution >= 0.6 is 0 Å². The van der Waals surface area contributed by atoms with Gasteiger partial charge in [0.05, 0.1) is 12.5 Å². The summed E-state index contributed by atoms with van der Waals surface area (Å²) in [7, 11) is 1.36. The van der Waals surface area contributed by atoms with E-state index in [0.29, 0.717) is 24.7 Å². The van der Waals surface area contributed by atoms with Crippen LogP contribution in [-0.4, -0.2) is 28.7 Å². The quantitative estimate of drug-likeness (QED) is 0.828. The van der Waals surface area contributed by atoms with Crippen LogP contribution in [0.4, 0.5) is 0 Å². The number of carbonyl (C=O) groups excluding carboxylic acids is 1. The van der Waals surface area contributed by atoms with Gasteiger partial charge in [0.1, 0.15) is 13.2 Å². The van der Waals surface area contributed by atoms with Gasteiger partial charge in [0, 0.05) is 18.8 Å². The topological polar surface area (TPSA) is 102 Å². The summed E-state index contributed by atoms with van der Waals surface area (Å²) in [5, 5.41) is 2.84. The maximum absolute atomic E-state index is 12.2. The fourth-order valence-electron chi connectivity index (χ4n) is 2.62. The van der Waals surface area contributed by atoms with Crippen LogP contribution in [0, 0.1) is 0 Å². The Bertz CT molecular complexity index is 915. The van der Waals surface area contributed by atoms with Crippen molar-refractivity contribution in [2.24, 2.45) is 7.05 Å². The molecule has 0 bridgehead atoms. The van der Waals surface area contributed by atoms with E-state index < -0.39 is 11.2 Å². The molecule has 1 aromatic heterocycles. The van der Waals surface area contributed by atoms with Crippen molar-refractivity contribution in [1.29, 1.82) is 0 Å². The van der Waals surface area contributed by atoms with Gasteiger partial charge in [-0.05, 0) is 24.6 Å². The number of aromatic nitrogens is 2. The molecule has 1 aliphatic heterocycles. The van der Waals surface area contributed by atoms with Crippen LogP contribution in [0.15, 0.2) is 34.0 Å². The monoisotopic (exact) mass is 345 g/mol. The van der Waals surface area contributed by atoms with Crippen LogP contribution in [0.5, 0.6) is 11.5 Å². The number of amides is 1. The first-order chi connectivity index (χ1) is 12.0. The van der Waals surface area contributed by atoms with Crippen molar-refractivity contribution in [3.05, 3.63) is 56.4 Å². The fraction of sp³-hybridized carbons (Fsp3) is 0.353. The van der Waals surface area contributed by atoms with E-state index in [1.54, 1.807) is 0 Å². The molecule has 0 radical (unpaired) electrons. The summed E-state index contributed by atoms with van der Waals surface area (Å²) >= 11 is 0. The molecule has 2 heterocycles. The Morgan fingerprint density at radius 2 is 2.00 bits per heavy atom. The highest BCUT2D eigenvalue weighted by Crippen LogP contribution is 2.32. The lowest BCUT2D eigenvalue weighted by molar-refractivity contribution is -0.121. The summed E-state index contributed by atoms with van der Waals surface area (Å²) in [4.78, 5) is 38.0. The zero-order valence-corrected chi connectivity index (χ0v) is 14.0. The van der Waals surface area contributed by atoms with Gasteiger partial charge in [0.2, 0.25) is 5.91 Å². The first-order valence-electron chi connectivity index (χ1n) is 7.92. The van der Waals surface area contributed by atoms with E-state index in [0.717, 1.165) is 10.1 Å². The van der Waals surface area contributed by atoms with E-state index in [2.05, 4.69) is 10.3 Å². The number of rotatable bonds is 4. The second-order valence-electron chi connectivity index (χ2n) is 5.85. The minimum atomic E-state index is -0.515. The van der Waals surface area contributed by atoms with Gasteiger partial charge in [-0.1, -0.05) is 6.07 Å². The van der Waals surface area contributed by atoms with E-state index >= 15 is 0 Å². The summed E-state index contributed by atoms with van der Waals surface area (Å²) in [6.07, 6.45) is 1.16. The lowest BCUT2D eigenvalue weighted by Gasteiger charge is -2.21. The Kier molecular flexibility index (Phi) is 4.60. The molecule has 1 atom stereocenters. The van der Waals surface area contributed by atoms with E-state index in [9.17, 15) is 14.4 Å². The van der Waals surface area contributed by atoms with Crippen molar-refractivity contribution in [3.8, 4) is 11.5 Å². The van der Waals surface area contributed by atoms with Gasteiger partial charge in [-0.15, -0.1) is 0 Å². The summed E-state index contributed by atoms with van der Waals surface area (Å²) < 4.78 is 12.0. The summed E-state index contributed by atoms with van der Waals surface area (Å²) in [5.41, 5.74) is 0.102. The van der Waals surface area contributed by atoms with E-state index in [1.807, 2.05) is 25.1 Å². The molecule has 8 nitrogen and oxygen atoms in total. The average molecular weight is 345 g/mol. The van der Waals surface area contributed by atoms with Crippen molar-refractivity contribution in [2.45, 2.75) is 19.4 Å². The first kappa shape index (κ1) is 16.8. The Labute approximate surface area is 143 Å². The molecule has 132 valence electrons. The summed E-state index contributed by atoms with van der Waals surface area (Å²) in [6.45, 7) is 2.85. The normalized spacial score (nSPS) is 14.0. The fourth-order valence-corrected chi connectivity index (χ4v) is 2.62. The molecule has 1 aliphatic rings. The third kappa shape index (κ3) is 3.57. The lowest BCUT2D eigenvalue weighted by atomic mass is 10.1. The van der Waals surface area contributed by atoms with Crippen molar-refractivity contribution in [1.82, 2.24) is 14.9 Å².